The molecule has 2 aliphatic rings. The van der Waals surface area contributed by atoms with E-state index in [9.17, 15) is 26.4 Å². The van der Waals surface area contributed by atoms with Gasteiger partial charge in [-0.3, -0.25) is 9.52 Å². The van der Waals surface area contributed by atoms with Crippen molar-refractivity contribution in [2.45, 2.75) is 69.4 Å². The number of rotatable bonds is 7. The molecule has 0 aliphatic carbocycles. The second-order valence-corrected chi connectivity index (χ2v) is 12.1. The van der Waals surface area contributed by atoms with E-state index in [4.69, 9.17) is 16.3 Å². The monoisotopic (exact) mass is 560 g/mol. The van der Waals surface area contributed by atoms with Gasteiger partial charge in [0.2, 0.25) is 10.0 Å². The molecule has 4 rings (SSSR count). The number of nitrogens with zero attached hydrogens (tertiary/aromatic N) is 2. The van der Waals surface area contributed by atoms with E-state index in [0.717, 1.165) is 37.0 Å². The van der Waals surface area contributed by atoms with Crippen molar-refractivity contribution in [2.24, 2.45) is 0 Å². The van der Waals surface area contributed by atoms with E-state index in [0.29, 0.717) is 18.5 Å². The third-order valence-corrected chi connectivity index (χ3v) is 7.38. The van der Waals surface area contributed by atoms with Gasteiger partial charge in [0.15, 0.2) is 5.60 Å². The van der Waals surface area contributed by atoms with Crippen molar-refractivity contribution in [3.63, 3.8) is 0 Å². The van der Waals surface area contributed by atoms with Crippen molar-refractivity contribution in [3.05, 3.63) is 47.1 Å². The zero-order valence-electron chi connectivity index (χ0n) is 20.5. The standard InChI is InChI=1S/C24H28ClF3N4O4S/c1-23(2,36-20-8-4-14(25)10-19(20)24(26,27)28)22(33)30-16-11-17-6-7-18(12-16)32(17)21-9-5-15(13-29-21)31-37(3,34)35/h4-5,8-10,13,16-18,31H,6-7,11-12H2,1-3H3,(H,30,33)/t16-,17+,18-. The van der Waals surface area contributed by atoms with Gasteiger partial charge in [0, 0.05) is 23.1 Å². The van der Waals surface area contributed by atoms with Gasteiger partial charge < -0.3 is 15.0 Å². The Morgan fingerprint density at radius 3 is 2.32 bits per heavy atom. The lowest BCUT2D eigenvalue weighted by atomic mass is 9.96. The number of carbonyl (C=O) groups excluding carboxylic acids is 1. The van der Waals surface area contributed by atoms with Crippen LogP contribution in [0.1, 0.15) is 45.1 Å². The molecule has 2 aliphatic heterocycles. The van der Waals surface area contributed by atoms with Gasteiger partial charge in [-0.2, -0.15) is 13.2 Å². The van der Waals surface area contributed by atoms with Crippen LogP contribution in [0.5, 0.6) is 5.75 Å². The molecule has 1 amide bonds. The molecule has 1 aromatic heterocycles. The second-order valence-electron chi connectivity index (χ2n) is 9.96. The average molecular weight is 561 g/mol. The average Bonchev–Trinajstić information content (AvgIpc) is 3.03. The summed E-state index contributed by atoms with van der Waals surface area (Å²) in [6.07, 6.45) is 0.929. The molecule has 0 spiro atoms. The first kappa shape index (κ1) is 27.3. The van der Waals surface area contributed by atoms with Crippen LogP contribution >= 0.6 is 11.6 Å². The number of pyridine rings is 1. The summed E-state index contributed by atoms with van der Waals surface area (Å²) in [5.41, 5.74) is -2.23. The van der Waals surface area contributed by atoms with Crippen LogP contribution in [-0.4, -0.2) is 49.3 Å². The Kier molecular flexibility index (Phi) is 7.28. The molecule has 2 aromatic rings. The molecule has 3 atom stereocenters. The fraction of sp³-hybridized carbons (Fsp3) is 0.500. The van der Waals surface area contributed by atoms with Gasteiger partial charge in [-0.15, -0.1) is 0 Å². The maximum Gasteiger partial charge on any atom is 0.420 e. The molecule has 2 N–H and O–H groups in total. The summed E-state index contributed by atoms with van der Waals surface area (Å²) in [5, 5.41) is 2.88. The Labute approximate surface area is 218 Å². The Hall–Kier alpha value is -2.73. The van der Waals surface area contributed by atoms with E-state index in [2.05, 4.69) is 19.9 Å². The summed E-state index contributed by atoms with van der Waals surface area (Å²) >= 11 is 5.74. The van der Waals surface area contributed by atoms with Crippen molar-refractivity contribution < 1.29 is 31.1 Å². The lowest BCUT2D eigenvalue weighted by Crippen LogP contribution is -2.55. The van der Waals surface area contributed by atoms with Crippen molar-refractivity contribution >= 4 is 39.0 Å². The predicted octanol–water partition coefficient (Wildman–Crippen LogP) is 4.60. The van der Waals surface area contributed by atoms with E-state index in [1.165, 1.54) is 26.1 Å². The number of hydrogen-bond acceptors (Lipinski definition) is 6. The molecule has 0 unspecified atom stereocenters. The summed E-state index contributed by atoms with van der Waals surface area (Å²) in [6, 6.07) is 6.64. The Balaban J connectivity index is 1.41. The molecule has 1 aromatic carbocycles. The number of aromatic nitrogens is 1. The topological polar surface area (TPSA) is 101 Å². The molecule has 2 saturated heterocycles. The predicted molar refractivity (Wildman–Crippen MR) is 134 cm³/mol. The van der Waals surface area contributed by atoms with Crippen LogP contribution in [0.3, 0.4) is 0 Å². The summed E-state index contributed by atoms with van der Waals surface area (Å²) in [4.78, 5) is 19.7. The minimum atomic E-state index is -4.69. The lowest BCUT2D eigenvalue weighted by molar-refractivity contribution is -0.143. The third kappa shape index (κ3) is 6.40. The minimum Gasteiger partial charge on any atom is -0.477 e. The highest BCUT2D eigenvalue weighted by molar-refractivity contribution is 7.92. The number of amides is 1. The molecular weight excluding hydrogens is 533 g/mol. The molecule has 0 saturated carbocycles. The number of halogens is 4. The van der Waals surface area contributed by atoms with Gasteiger partial charge in [0.1, 0.15) is 11.6 Å². The second kappa shape index (κ2) is 9.86. The number of ether oxygens (including phenoxy) is 1. The fourth-order valence-corrected chi connectivity index (χ4v) is 5.70. The van der Waals surface area contributed by atoms with E-state index >= 15 is 0 Å². The van der Waals surface area contributed by atoms with Crippen LogP contribution < -0.4 is 19.7 Å². The molecular formula is C24H28ClF3N4O4S. The number of benzene rings is 1. The van der Waals surface area contributed by atoms with Crippen LogP contribution in [0.25, 0.3) is 0 Å². The van der Waals surface area contributed by atoms with E-state index in [1.807, 2.05) is 0 Å². The normalized spacial score (nSPS) is 22.0. The van der Waals surface area contributed by atoms with E-state index in [-0.39, 0.29) is 23.1 Å². The summed E-state index contributed by atoms with van der Waals surface area (Å²) in [7, 11) is -3.40. The van der Waals surface area contributed by atoms with Crippen LogP contribution in [0, 0.1) is 0 Å². The van der Waals surface area contributed by atoms with Crippen molar-refractivity contribution in [2.75, 3.05) is 15.9 Å². The zero-order valence-corrected chi connectivity index (χ0v) is 22.0. The number of sulfonamides is 1. The number of carbonyl (C=O) groups is 1. The lowest BCUT2D eigenvalue weighted by Gasteiger charge is -2.41. The van der Waals surface area contributed by atoms with Gasteiger partial charge in [-0.1, -0.05) is 11.6 Å². The van der Waals surface area contributed by atoms with Gasteiger partial charge >= 0.3 is 6.18 Å². The highest BCUT2D eigenvalue weighted by atomic mass is 35.5. The molecule has 0 radical (unpaired) electrons. The molecule has 8 nitrogen and oxygen atoms in total. The first-order valence-electron chi connectivity index (χ1n) is 11.7. The third-order valence-electron chi connectivity index (χ3n) is 6.54. The number of hydrogen-bond donors (Lipinski definition) is 2. The maximum atomic E-state index is 13.5. The van der Waals surface area contributed by atoms with E-state index in [1.54, 1.807) is 12.1 Å². The van der Waals surface area contributed by atoms with Crippen LogP contribution in [0.4, 0.5) is 24.7 Å². The minimum absolute atomic E-state index is 0.0834. The number of nitrogens with one attached hydrogen (secondary N) is 2. The van der Waals surface area contributed by atoms with Crippen molar-refractivity contribution in [3.8, 4) is 5.75 Å². The van der Waals surface area contributed by atoms with Crippen molar-refractivity contribution in [1.82, 2.24) is 10.3 Å². The van der Waals surface area contributed by atoms with Gasteiger partial charge in [-0.05, 0) is 69.9 Å². The van der Waals surface area contributed by atoms with Gasteiger partial charge in [-0.25, -0.2) is 13.4 Å². The Morgan fingerprint density at radius 2 is 1.78 bits per heavy atom. The molecule has 37 heavy (non-hydrogen) atoms. The zero-order chi connectivity index (χ0) is 27.2. The number of piperidine rings is 1. The number of fused-ring (bicyclic) bond motifs is 2. The molecule has 2 bridgehead atoms. The van der Waals surface area contributed by atoms with Gasteiger partial charge in [0.25, 0.3) is 5.91 Å². The first-order valence-corrected chi connectivity index (χ1v) is 14.0. The van der Waals surface area contributed by atoms with Crippen LogP contribution in [-0.2, 0) is 21.0 Å². The largest absolute Gasteiger partial charge is 0.477 e. The molecule has 202 valence electrons. The Bertz CT molecular complexity index is 1260. The summed E-state index contributed by atoms with van der Waals surface area (Å²) in [5.74, 6) is -0.253. The quantitative estimate of drug-likeness (QED) is 0.513. The maximum absolute atomic E-state index is 13.5. The summed E-state index contributed by atoms with van der Waals surface area (Å²) < 4.78 is 71.2. The SMILES string of the molecule is CC(C)(Oc1ccc(Cl)cc1C(F)(F)F)C(=O)N[C@H]1C[C@H]2CC[C@@H](C1)N2c1ccc(NS(C)(=O)=O)cn1. The molecule has 13 heteroatoms. The first-order chi connectivity index (χ1) is 17.1. The van der Waals surface area contributed by atoms with Crippen LogP contribution in [0.2, 0.25) is 5.02 Å². The highest BCUT2D eigenvalue weighted by Gasteiger charge is 2.44. The van der Waals surface area contributed by atoms with Gasteiger partial charge in [0.05, 0.1) is 23.7 Å². The molecule has 2 fully saturated rings. The van der Waals surface area contributed by atoms with Crippen molar-refractivity contribution in [1.29, 1.82) is 0 Å². The number of anilines is 2. The van der Waals surface area contributed by atoms with E-state index < -0.39 is 39.0 Å². The fourth-order valence-electron chi connectivity index (χ4n) is 4.98. The Morgan fingerprint density at radius 1 is 1.14 bits per heavy atom. The smallest absolute Gasteiger partial charge is 0.420 e. The highest BCUT2D eigenvalue weighted by Crippen LogP contribution is 2.40. The summed E-state index contributed by atoms with van der Waals surface area (Å²) in [6.45, 7) is 2.85. The van der Waals surface area contributed by atoms with Crippen LogP contribution in [0.15, 0.2) is 36.5 Å². The molecule has 3 heterocycles. The number of alkyl halides is 3.